The molecule has 4 nitrogen and oxygen atoms in total. The first-order chi connectivity index (χ1) is 9.65. The van der Waals surface area contributed by atoms with Crippen molar-refractivity contribution in [2.45, 2.75) is 26.4 Å². The van der Waals surface area contributed by atoms with Crippen LogP contribution in [0.2, 0.25) is 0 Å². The van der Waals surface area contributed by atoms with Crippen LogP contribution in [0.1, 0.15) is 19.4 Å². The number of benzene rings is 1. The van der Waals surface area contributed by atoms with Gasteiger partial charge in [-0.3, -0.25) is 14.5 Å². The molecule has 0 atom stereocenters. The second-order valence-electron chi connectivity index (χ2n) is 6.02. The van der Waals surface area contributed by atoms with E-state index in [1.165, 1.54) is 29.6 Å². The van der Waals surface area contributed by atoms with E-state index < -0.39 is 0 Å². The summed E-state index contributed by atoms with van der Waals surface area (Å²) in [4.78, 5) is 5.11. The summed E-state index contributed by atoms with van der Waals surface area (Å²) in [5, 5.41) is 5.67. The maximum atomic E-state index is 4.37. The van der Waals surface area contributed by atoms with Gasteiger partial charge in [-0.1, -0.05) is 12.1 Å². The number of rotatable bonds is 3. The second kappa shape index (κ2) is 5.54. The minimum atomic E-state index is 0.666. The smallest absolute Gasteiger partial charge is 0.0682 e. The SMILES string of the molecule is CC(C)N1CCN(Cc2cccc3c2cnn3C)CC1. The first-order valence-electron chi connectivity index (χ1n) is 7.51. The first-order valence-corrected chi connectivity index (χ1v) is 7.51. The van der Waals surface area contributed by atoms with Crippen LogP contribution in [0.4, 0.5) is 0 Å². The van der Waals surface area contributed by atoms with Crippen LogP contribution >= 0.6 is 0 Å². The summed E-state index contributed by atoms with van der Waals surface area (Å²) < 4.78 is 1.95. The maximum absolute atomic E-state index is 4.37. The Morgan fingerprint density at radius 3 is 2.60 bits per heavy atom. The highest BCUT2D eigenvalue weighted by molar-refractivity contribution is 5.82. The van der Waals surface area contributed by atoms with Gasteiger partial charge in [0.1, 0.15) is 0 Å². The van der Waals surface area contributed by atoms with Gasteiger partial charge in [0.05, 0.1) is 11.7 Å². The third-order valence-corrected chi connectivity index (χ3v) is 4.41. The molecule has 1 aromatic heterocycles. The van der Waals surface area contributed by atoms with Crippen molar-refractivity contribution in [2.24, 2.45) is 7.05 Å². The van der Waals surface area contributed by atoms with E-state index in [2.05, 4.69) is 46.9 Å². The van der Waals surface area contributed by atoms with Crippen LogP contribution in [0.3, 0.4) is 0 Å². The molecule has 4 heteroatoms. The van der Waals surface area contributed by atoms with Gasteiger partial charge in [-0.05, 0) is 25.5 Å². The van der Waals surface area contributed by atoms with Gasteiger partial charge in [0.25, 0.3) is 0 Å². The fourth-order valence-corrected chi connectivity index (χ4v) is 3.05. The lowest BCUT2D eigenvalue weighted by molar-refractivity contribution is 0.104. The molecule has 2 aromatic rings. The van der Waals surface area contributed by atoms with E-state index in [0.717, 1.165) is 19.6 Å². The predicted octanol–water partition coefficient (Wildman–Crippen LogP) is 2.10. The topological polar surface area (TPSA) is 24.3 Å². The molecular weight excluding hydrogens is 248 g/mol. The third kappa shape index (κ3) is 2.58. The fraction of sp³-hybridized carbons (Fsp3) is 0.562. The van der Waals surface area contributed by atoms with Crippen molar-refractivity contribution in [3.8, 4) is 0 Å². The third-order valence-electron chi connectivity index (χ3n) is 4.41. The average molecular weight is 272 g/mol. The summed E-state index contributed by atoms with van der Waals surface area (Å²) in [5.74, 6) is 0. The number of hydrogen-bond acceptors (Lipinski definition) is 3. The summed E-state index contributed by atoms with van der Waals surface area (Å²) in [5.41, 5.74) is 2.62. The fourth-order valence-electron chi connectivity index (χ4n) is 3.05. The van der Waals surface area contributed by atoms with Crippen molar-refractivity contribution < 1.29 is 0 Å². The molecule has 2 heterocycles. The minimum Gasteiger partial charge on any atom is -0.298 e. The standard InChI is InChI=1S/C16H24N4/c1-13(2)20-9-7-19(8-10-20)12-14-5-4-6-16-15(14)11-17-18(16)3/h4-6,11,13H,7-10,12H2,1-3H3. The van der Waals surface area contributed by atoms with Gasteiger partial charge in [-0.2, -0.15) is 5.10 Å². The molecule has 0 amide bonds. The molecule has 1 aliphatic rings. The number of aromatic nitrogens is 2. The summed E-state index contributed by atoms with van der Waals surface area (Å²) in [6.45, 7) is 10.3. The number of hydrogen-bond donors (Lipinski definition) is 0. The number of piperazine rings is 1. The molecule has 0 aliphatic carbocycles. The van der Waals surface area contributed by atoms with E-state index in [9.17, 15) is 0 Å². The van der Waals surface area contributed by atoms with E-state index in [-0.39, 0.29) is 0 Å². The van der Waals surface area contributed by atoms with Crippen LogP contribution in [-0.2, 0) is 13.6 Å². The van der Waals surface area contributed by atoms with Crippen molar-refractivity contribution in [3.05, 3.63) is 30.0 Å². The van der Waals surface area contributed by atoms with Crippen molar-refractivity contribution in [2.75, 3.05) is 26.2 Å². The van der Waals surface area contributed by atoms with Crippen LogP contribution in [-0.4, -0.2) is 51.8 Å². The van der Waals surface area contributed by atoms with Crippen molar-refractivity contribution in [1.29, 1.82) is 0 Å². The lowest BCUT2D eigenvalue weighted by Crippen LogP contribution is -2.48. The van der Waals surface area contributed by atoms with Gasteiger partial charge in [-0.15, -0.1) is 0 Å². The van der Waals surface area contributed by atoms with E-state index in [0.29, 0.717) is 6.04 Å². The van der Waals surface area contributed by atoms with Crippen LogP contribution in [0.25, 0.3) is 10.9 Å². The van der Waals surface area contributed by atoms with Crippen molar-refractivity contribution in [3.63, 3.8) is 0 Å². The van der Waals surface area contributed by atoms with Crippen LogP contribution in [0.15, 0.2) is 24.4 Å². The van der Waals surface area contributed by atoms with E-state index in [1.807, 2.05) is 17.9 Å². The monoisotopic (exact) mass is 272 g/mol. The normalized spacial score (nSPS) is 18.2. The Kier molecular flexibility index (Phi) is 3.76. The first kappa shape index (κ1) is 13.6. The van der Waals surface area contributed by atoms with Gasteiger partial charge in [-0.25, -0.2) is 0 Å². The lowest BCUT2D eigenvalue weighted by Gasteiger charge is -2.37. The molecule has 108 valence electrons. The zero-order valence-electron chi connectivity index (χ0n) is 12.7. The van der Waals surface area contributed by atoms with E-state index in [4.69, 9.17) is 0 Å². The Morgan fingerprint density at radius 2 is 1.90 bits per heavy atom. The Hall–Kier alpha value is -1.39. The Bertz CT molecular complexity index is 579. The molecule has 1 fully saturated rings. The Balaban J connectivity index is 1.71. The largest absolute Gasteiger partial charge is 0.298 e. The summed E-state index contributed by atoms with van der Waals surface area (Å²) in [6, 6.07) is 7.18. The molecule has 20 heavy (non-hydrogen) atoms. The molecule has 0 saturated carbocycles. The van der Waals surface area contributed by atoms with Crippen molar-refractivity contribution >= 4 is 10.9 Å². The molecule has 1 saturated heterocycles. The van der Waals surface area contributed by atoms with Crippen LogP contribution in [0, 0.1) is 0 Å². The molecule has 3 rings (SSSR count). The zero-order valence-corrected chi connectivity index (χ0v) is 12.7. The van der Waals surface area contributed by atoms with Crippen molar-refractivity contribution in [1.82, 2.24) is 19.6 Å². The molecule has 0 bridgehead atoms. The highest BCUT2D eigenvalue weighted by atomic mass is 15.3. The van der Waals surface area contributed by atoms with E-state index >= 15 is 0 Å². The molecule has 1 aliphatic heterocycles. The molecule has 0 spiro atoms. The van der Waals surface area contributed by atoms with Gasteiger partial charge in [0, 0.05) is 51.2 Å². The van der Waals surface area contributed by atoms with Crippen LogP contribution in [0.5, 0.6) is 0 Å². The summed E-state index contributed by atoms with van der Waals surface area (Å²) in [7, 11) is 2.01. The van der Waals surface area contributed by atoms with Gasteiger partial charge in [0.15, 0.2) is 0 Å². The molecule has 0 unspecified atom stereocenters. The quantitative estimate of drug-likeness (QED) is 0.855. The number of nitrogens with zero attached hydrogens (tertiary/aromatic N) is 4. The Labute approximate surface area is 121 Å². The second-order valence-corrected chi connectivity index (χ2v) is 6.02. The molecule has 0 radical (unpaired) electrons. The van der Waals surface area contributed by atoms with E-state index in [1.54, 1.807) is 0 Å². The number of fused-ring (bicyclic) bond motifs is 1. The lowest BCUT2D eigenvalue weighted by atomic mass is 10.1. The van der Waals surface area contributed by atoms with Gasteiger partial charge >= 0.3 is 0 Å². The minimum absolute atomic E-state index is 0.666. The molecule has 0 N–H and O–H groups in total. The van der Waals surface area contributed by atoms with Crippen LogP contribution < -0.4 is 0 Å². The summed E-state index contributed by atoms with van der Waals surface area (Å²) in [6.07, 6.45) is 2.00. The Morgan fingerprint density at radius 1 is 1.15 bits per heavy atom. The molecular formula is C16H24N4. The summed E-state index contributed by atoms with van der Waals surface area (Å²) >= 11 is 0. The van der Waals surface area contributed by atoms with Gasteiger partial charge < -0.3 is 0 Å². The molecule has 1 aromatic carbocycles. The predicted molar refractivity (Wildman–Crippen MR) is 82.7 cm³/mol. The highest BCUT2D eigenvalue weighted by Crippen LogP contribution is 2.20. The average Bonchev–Trinajstić information content (AvgIpc) is 2.82. The number of aryl methyl sites for hydroxylation is 1. The maximum Gasteiger partial charge on any atom is 0.0682 e. The zero-order chi connectivity index (χ0) is 14.1. The van der Waals surface area contributed by atoms with Gasteiger partial charge in [0.2, 0.25) is 0 Å². The highest BCUT2D eigenvalue weighted by Gasteiger charge is 2.19.